The second-order valence-corrected chi connectivity index (χ2v) is 4.64. The standard InChI is InChI=1S/C14H11BrFNO/c15-13-4-2-1-3-11(13)9-17-14(18)10-5-7-12(16)8-6-10/h1-8H,9H2,(H,17,18). The SMILES string of the molecule is O=C(NCc1ccccc1Br)c1ccc(F)cc1. The van der Waals surface area contributed by atoms with Crippen LogP contribution in [-0.4, -0.2) is 5.91 Å². The van der Waals surface area contributed by atoms with E-state index in [1.54, 1.807) is 0 Å². The molecule has 0 unspecified atom stereocenters. The van der Waals surface area contributed by atoms with Crippen LogP contribution in [0.4, 0.5) is 4.39 Å². The number of rotatable bonds is 3. The molecule has 0 fully saturated rings. The third kappa shape index (κ3) is 3.17. The number of amides is 1. The molecule has 0 spiro atoms. The summed E-state index contributed by atoms with van der Waals surface area (Å²) in [6.07, 6.45) is 0. The van der Waals surface area contributed by atoms with Crippen molar-refractivity contribution in [2.24, 2.45) is 0 Å². The Hall–Kier alpha value is -1.68. The molecule has 0 bridgehead atoms. The molecule has 0 radical (unpaired) electrons. The van der Waals surface area contributed by atoms with Gasteiger partial charge in [0.1, 0.15) is 5.82 Å². The molecule has 2 aromatic carbocycles. The summed E-state index contributed by atoms with van der Waals surface area (Å²) in [5, 5.41) is 2.78. The van der Waals surface area contributed by atoms with Crippen LogP contribution < -0.4 is 5.32 Å². The molecule has 0 heterocycles. The summed E-state index contributed by atoms with van der Waals surface area (Å²) in [7, 11) is 0. The first kappa shape index (κ1) is 12.8. The largest absolute Gasteiger partial charge is 0.348 e. The Morgan fingerprint density at radius 3 is 2.44 bits per heavy atom. The van der Waals surface area contributed by atoms with Gasteiger partial charge in [0, 0.05) is 16.6 Å². The molecule has 4 heteroatoms. The third-order valence-corrected chi connectivity index (χ3v) is 3.28. The zero-order valence-electron chi connectivity index (χ0n) is 9.49. The zero-order valence-corrected chi connectivity index (χ0v) is 11.1. The van der Waals surface area contributed by atoms with Gasteiger partial charge in [0.2, 0.25) is 0 Å². The molecule has 18 heavy (non-hydrogen) atoms. The van der Waals surface area contributed by atoms with Crippen LogP contribution in [0.15, 0.2) is 53.0 Å². The number of halogens is 2. The molecule has 0 atom stereocenters. The molecule has 1 N–H and O–H groups in total. The fraction of sp³-hybridized carbons (Fsp3) is 0.0714. The molecule has 2 nitrogen and oxygen atoms in total. The predicted octanol–water partition coefficient (Wildman–Crippen LogP) is 3.52. The monoisotopic (exact) mass is 307 g/mol. The van der Waals surface area contributed by atoms with Gasteiger partial charge in [-0.3, -0.25) is 4.79 Å². The number of hydrogen-bond acceptors (Lipinski definition) is 1. The van der Waals surface area contributed by atoms with E-state index in [4.69, 9.17) is 0 Å². The van der Waals surface area contributed by atoms with Crippen LogP contribution in [-0.2, 0) is 6.54 Å². The summed E-state index contributed by atoms with van der Waals surface area (Å²) in [6, 6.07) is 13.1. The van der Waals surface area contributed by atoms with Crippen molar-refractivity contribution in [1.82, 2.24) is 5.32 Å². The fourth-order valence-electron chi connectivity index (χ4n) is 1.52. The van der Waals surface area contributed by atoms with Crippen LogP contribution in [0.1, 0.15) is 15.9 Å². The van der Waals surface area contributed by atoms with Gasteiger partial charge in [-0.05, 0) is 35.9 Å². The van der Waals surface area contributed by atoms with Crippen molar-refractivity contribution in [2.75, 3.05) is 0 Å². The van der Waals surface area contributed by atoms with Crippen LogP contribution >= 0.6 is 15.9 Å². The van der Waals surface area contributed by atoms with Gasteiger partial charge in [0.05, 0.1) is 0 Å². The fourth-order valence-corrected chi connectivity index (χ4v) is 1.95. The Morgan fingerprint density at radius 2 is 1.78 bits per heavy atom. The molecule has 0 aliphatic rings. The highest BCUT2D eigenvalue weighted by molar-refractivity contribution is 9.10. The Bertz CT molecular complexity index is 554. The van der Waals surface area contributed by atoms with Crippen LogP contribution in [0.5, 0.6) is 0 Å². The van der Waals surface area contributed by atoms with E-state index in [1.807, 2.05) is 24.3 Å². The number of carbonyl (C=O) groups excluding carboxylic acids is 1. The zero-order chi connectivity index (χ0) is 13.0. The van der Waals surface area contributed by atoms with E-state index in [2.05, 4.69) is 21.2 Å². The Kier molecular flexibility index (Phi) is 4.10. The summed E-state index contributed by atoms with van der Waals surface area (Å²) >= 11 is 3.41. The minimum absolute atomic E-state index is 0.217. The van der Waals surface area contributed by atoms with Gasteiger partial charge in [0.25, 0.3) is 5.91 Å². The maximum absolute atomic E-state index is 12.7. The topological polar surface area (TPSA) is 29.1 Å². The Morgan fingerprint density at radius 1 is 1.11 bits per heavy atom. The minimum Gasteiger partial charge on any atom is -0.348 e. The van der Waals surface area contributed by atoms with Gasteiger partial charge in [-0.1, -0.05) is 34.1 Å². The predicted molar refractivity (Wildman–Crippen MR) is 71.7 cm³/mol. The van der Waals surface area contributed by atoms with E-state index >= 15 is 0 Å². The first-order chi connectivity index (χ1) is 8.66. The highest BCUT2D eigenvalue weighted by Gasteiger charge is 2.06. The second-order valence-electron chi connectivity index (χ2n) is 3.78. The van der Waals surface area contributed by atoms with E-state index in [-0.39, 0.29) is 11.7 Å². The lowest BCUT2D eigenvalue weighted by molar-refractivity contribution is 0.0951. The van der Waals surface area contributed by atoms with Crippen molar-refractivity contribution in [3.05, 3.63) is 69.9 Å². The summed E-state index contributed by atoms with van der Waals surface area (Å²) in [6.45, 7) is 0.428. The van der Waals surface area contributed by atoms with Gasteiger partial charge in [-0.25, -0.2) is 4.39 Å². The number of nitrogens with one attached hydrogen (secondary N) is 1. The Labute approximate surface area is 113 Å². The molecule has 0 aromatic heterocycles. The minimum atomic E-state index is -0.350. The quantitative estimate of drug-likeness (QED) is 0.923. The van der Waals surface area contributed by atoms with Crippen molar-refractivity contribution >= 4 is 21.8 Å². The smallest absolute Gasteiger partial charge is 0.251 e. The van der Waals surface area contributed by atoms with Crippen molar-refractivity contribution < 1.29 is 9.18 Å². The second kappa shape index (κ2) is 5.78. The van der Waals surface area contributed by atoms with Crippen LogP contribution in [0, 0.1) is 5.82 Å². The van der Waals surface area contributed by atoms with E-state index < -0.39 is 0 Å². The van der Waals surface area contributed by atoms with Gasteiger partial charge in [-0.2, -0.15) is 0 Å². The van der Waals surface area contributed by atoms with Crippen molar-refractivity contribution in [3.63, 3.8) is 0 Å². The van der Waals surface area contributed by atoms with E-state index in [0.717, 1.165) is 10.0 Å². The maximum atomic E-state index is 12.7. The maximum Gasteiger partial charge on any atom is 0.251 e. The normalized spacial score (nSPS) is 10.1. The summed E-state index contributed by atoms with van der Waals surface area (Å²) < 4.78 is 13.7. The molecule has 0 aliphatic carbocycles. The van der Waals surface area contributed by atoms with Crippen LogP contribution in [0.25, 0.3) is 0 Å². The van der Waals surface area contributed by atoms with E-state index in [9.17, 15) is 9.18 Å². The van der Waals surface area contributed by atoms with Crippen molar-refractivity contribution in [1.29, 1.82) is 0 Å². The van der Waals surface area contributed by atoms with E-state index in [1.165, 1.54) is 24.3 Å². The first-order valence-corrected chi connectivity index (χ1v) is 6.23. The average molecular weight is 308 g/mol. The number of benzene rings is 2. The third-order valence-electron chi connectivity index (χ3n) is 2.50. The van der Waals surface area contributed by atoms with E-state index in [0.29, 0.717) is 12.1 Å². The average Bonchev–Trinajstić information content (AvgIpc) is 2.38. The lowest BCUT2D eigenvalue weighted by atomic mass is 10.2. The molecule has 2 rings (SSSR count). The number of carbonyl (C=O) groups is 1. The molecule has 92 valence electrons. The molecular formula is C14H11BrFNO. The molecule has 0 saturated heterocycles. The van der Waals surface area contributed by atoms with Gasteiger partial charge in [-0.15, -0.1) is 0 Å². The molecule has 1 amide bonds. The molecule has 0 aliphatic heterocycles. The first-order valence-electron chi connectivity index (χ1n) is 5.44. The molecule has 0 saturated carbocycles. The summed E-state index contributed by atoms with van der Waals surface area (Å²) in [4.78, 5) is 11.8. The van der Waals surface area contributed by atoms with Crippen LogP contribution in [0.3, 0.4) is 0 Å². The van der Waals surface area contributed by atoms with Gasteiger partial charge < -0.3 is 5.32 Å². The highest BCUT2D eigenvalue weighted by atomic mass is 79.9. The van der Waals surface area contributed by atoms with Crippen molar-refractivity contribution in [3.8, 4) is 0 Å². The van der Waals surface area contributed by atoms with Crippen molar-refractivity contribution in [2.45, 2.75) is 6.54 Å². The number of hydrogen-bond donors (Lipinski definition) is 1. The van der Waals surface area contributed by atoms with Gasteiger partial charge >= 0.3 is 0 Å². The molecule has 2 aromatic rings. The molecular weight excluding hydrogens is 297 g/mol. The Balaban J connectivity index is 2.01. The summed E-state index contributed by atoms with van der Waals surface area (Å²) in [5.41, 5.74) is 1.44. The van der Waals surface area contributed by atoms with Gasteiger partial charge in [0.15, 0.2) is 0 Å². The summed E-state index contributed by atoms with van der Waals surface area (Å²) in [5.74, 6) is -0.567. The lowest BCUT2D eigenvalue weighted by Gasteiger charge is -2.07. The lowest BCUT2D eigenvalue weighted by Crippen LogP contribution is -2.22. The van der Waals surface area contributed by atoms with Crippen LogP contribution in [0.2, 0.25) is 0 Å². The highest BCUT2D eigenvalue weighted by Crippen LogP contribution is 2.15.